The summed E-state index contributed by atoms with van der Waals surface area (Å²) in [4.78, 5) is 51.7. The molecule has 1 fully saturated rings. The van der Waals surface area contributed by atoms with Crippen LogP contribution >= 0.6 is 0 Å². The van der Waals surface area contributed by atoms with E-state index in [4.69, 9.17) is 28.4 Å². The number of carbonyl (C=O) groups is 4. The average molecular weight is 622 g/mol. The van der Waals surface area contributed by atoms with Crippen molar-refractivity contribution in [2.45, 2.75) is 58.4 Å². The number of ether oxygens (including phenoxy) is 6. The van der Waals surface area contributed by atoms with Gasteiger partial charge in [0.15, 0.2) is 11.6 Å². The molecule has 1 aliphatic carbocycles. The molecule has 1 saturated carbocycles. The highest BCUT2D eigenvalue weighted by molar-refractivity contribution is 6.38. The highest BCUT2D eigenvalue weighted by atomic mass is 16.6. The Hall–Kier alpha value is -2.70. The van der Waals surface area contributed by atoms with E-state index in [0.717, 1.165) is 18.4 Å². The smallest absolute Gasteiger partial charge is 0.407 e. The second-order valence-corrected chi connectivity index (χ2v) is 11.4. The van der Waals surface area contributed by atoms with Gasteiger partial charge in [-0.15, -0.1) is 0 Å². The van der Waals surface area contributed by atoms with E-state index in [1.54, 1.807) is 7.11 Å². The summed E-state index contributed by atoms with van der Waals surface area (Å²) in [5.41, 5.74) is 0.879. The third-order valence-electron chi connectivity index (χ3n) is 6.99. The number of amides is 1. The molecule has 0 radical (unpaired) electrons. The summed E-state index contributed by atoms with van der Waals surface area (Å²) in [5.74, 6) is -1.59. The van der Waals surface area contributed by atoms with Crippen molar-refractivity contribution in [2.24, 2.45) is 17.8 Å². The number of Topliss-reactive ketones (excluding diaryl/α,β-unsaturated/α-hetero) is 3. The quantitative estimate of drug-likeness (QED) is 0.115. The minimum Gasteiger partial charge on any atom is -0.447 e. The van der Waals surface area contributed by atoms with Gasteiger partial charge in [0.05, 0.1) is 65.5 Å². The molecule has 11 heteroatoms. The molecule has 0 bridgehead atoms. The molecule has 1 amide bonds. The minimum atomic E-state index is -0.833. The molecular formula is C33H51NO10. The number of ketones is 3. The molecule has 2 rings (SSSR count). The molecule has 0 heterocycles. The molecule has 44 heavy (non-hydrogen) atoms. The van der Waals surface area contributed by atoms with Crippen LogP contribution in [0.2, 0.25) is 0 Å². The van der Waals surface area contributed by atoms with Gasteiger partial charge in [-0.05, 0) is 43.1 Å². The van der Waals surface area contributed by atoms with Crippen LogP contribution in [0.25, 0.3) is 0 Å². The summed E-state index contributed by atoms with van der Waals surface area (Å²) in [6.07, 6.45) is 1.98. The van der Waals surface area contributed by atoms with Gasteiger partial charge in [0, 0.05) is 25.9 Å². The molecule has 0 saturated heterocycles. The van der Waals surface area contributed by atoms with E-state index in [0.29, 0.717) is 65.7 Å². The highest BCUT2D eigenvalue weighted by Crippen LogP contribution is 2.33. The van der Waals surface area contributed by atoms with E-state index < -0.39 is 29.6 Å². The molecule has 0 aromatic heterocycles. The van der Waals surface area contributed by atoms with Crippen molar-refractivity contribution in [1.29, 1.82) is 0 Å². The summed E-state index contributed by atoms with van der Waals surface area (Å²) in [5, 5.41) is 2.66. The van der Waals surface area contributed by atoms with E-state index in [2.05, 4.69) is 5.32 Å². The SMILES string of the molecule is COCCOCCOCCOCCOCCOC(=O)N[C@@H](CC(C)C)C(=O)C[C@@H](Cc1ccccc1)C(=O)C(=O)CC1CC1. The van der Waals surface area contributed by atoms with Gasteiger partial charge in [-0.3, -0.25) is 14.4 Å². The fourth-order valence-electron chi connectivity index (χ4n) is 4.48. The first-order chi connectivity index (χ1) is 21.3. The number of methoxy groups -OCH3 is 1. The number of carbonyl (C=O) groups excluding carboxylic acids is 4. The Kier molecular flexibility index (Phi) is 19.4. The molecule has 1 aliphatic rings. The standard InChI is InChI=1S/C33H51NO10/c1-25(2)21-29(34-33(38)44-20-19-43-18-17-42-16-15-41-14-13-40-12-11-39-3)30(35)24-28(22-26-7-5-4-6-8-26)32(37)31(36)23-27-9-10-27/h4-8,25,27-29H,9-24H2,1-3H3,(H,34,38)/t28-,29+/m1/s1. The van der Waals surface area contributed by atoms with E-state index in [1.807, 2.05) is 44.2 Å². The zero-order valence-corrected chi connectivity index (χ0v) is 26.6. The minimum absolute atomic E-state index is 0.00535. The molecular weight excluding hydrogens is 570 g/mol. The second-order valence-electron chi connectivity index (χ2n) is 11.4. The van der Waals surface area contributed by atoms with Gasteiger partial charge in [0.1, 0.15) is 6.61 Å². The number of hydrogen-bond acceptors (Lipinski definition) is 10. The molecule has 0 spiro atoms. The number of hydrogen-bond donors (Lipinski definition) is 1. The summed E-state index contributed by atoms with van der Waals surface area (Å²) in [6.45, 7) is 7.73. The van der Waals surface area contributed by atoms with Crippen LogP contribution in [0.15, 0.2) is 30.3 Å². The van der Waals surface area contributed by atoms with Gasteiger partial charge < -0.3 is 33.7 Å². The molecule has 1 N–H and O–H groups in total. The largest absolute Gasteiger partial charge is 0.447 e. The Balaban J connectivity index is 1.70. The van der Waals surface area contributed by atoms with Crippen molar-refractivity contribution < 1.29 is 47.6 Å². The Morgan fingerprint density at radius 1 is 0.795 bits per heavy atom. The van der Waals surface area contributed by atoms with Gasteiger partial charge in [0.2, 0.25) is 5.78 Å². The topological polar surface area (TPSA) is 136 Å². The third-order valence-corrected chi connectivity index (χ3v) is 6.99. The number of nitrogens with one attached hydrogen (secondary N) is 1. The normalized spacial score (nSPS) is 14.3. The Labute approximate surface area is 261 Å². The Morgan fingerprint density at radius 2 is 1.34 bits per heavy atom. The van der Waals surface area contributed by atoms with E-state index in [-0.39, 0.29) is 43.7 Å². The van der Waals surface area contributed by atoms with Gasteiger partial charge in [0.25, 0.3) is 0 Å². The maximum Gasteiger partial charge on any atom is 0.407 e. The molecule has 0 aliphatic heterocycles. The zero-order valence-electron chi connectivity index (χ0n) is 26.6. The predicted octanol–water partition coefficient (Wildman–Crippen LogP) is 3.60. The third kappa shape index (κ3) is 17.6. The van der Waals surface area contributed by atoms with Crippen LogP contribution in [0.4, 0.5) is 4.79 Å². The monoisotopic (exact) mass is 621 g/mol. The Bertz CT molecular complexity index is 967. The van der Waals surface area contributed by atoms with Crippen LogP contribution in [0.3, 0.4) is 0 Å². The predicted molar refractivity (Wildman–Crippen MR) is 163 cm³/mol. The van der Waals surface area contributed by atoms with E-state index in [9.17, 15) is 19.2 Å². The number of rotatable bonds is 27. The molecule has 1 aromatic carbocycles. The van der Waals surface area contributed by atoms with Crippen molar-refractivity contribution in [3.8, 4) is 0 Å². The van der Waals surface area contributed by atoms with Crippen LogP contribution in [0.1, 0.15) is 51.5 Å². The maximum atomic E-state index is 13.4. The fourth-order valence-corrected chi connectivity index (χ4v) is 4.48. The molecule has 2 atom stereocenters. The van der Waals surface area contributed by atoms with Crippen molar-refractivity contribution in [1.82, 2.24) is 5.32 Å². The zero-order chi connectivity index (χ0) is 32.0. The van der Waals surface area contributed by atoms with Gasteiger partial charge in [-0.1, -0.05) is 44.2 Å². The molecule has 0 unspecified atom stereocenters. The van der Waals surface area contributed by atoms with Gasteiger partial charge in [-0.25, -0.2) is 4.79 Å². The van der Waals surface area contributed by atoms with Crippen molar-refractivity contribution in [3.05, 3.63) is 35.9 Å². The summed E-state index contributed by atoms with van der Waals surface area (Å²) in [7, 11) is 1.62. The second kappa shape index (κ2) is 22.8. The van der Waals surface area contributed by atoms with Gasteiger partial charge >= 0.3 is 6.09 Å². The van der Waals surface area contributed by atoms with Crippen LogP contribution in [-0.4, -0.2) is 103 Å². The van der Waals surface area contributed by atoms with Crippen molar-refractivity contribution in [2.75, 3.05) is 73.2 Å². The average Bonchev–Trinajstić information content (AvgIpc) is 3.82. The molecule has 248 valence electrons. The highest BCUT2D eigenvalue weighted by Gasteiger charge is 2.34. The lowest BCUT2D eigenvalue weighted by Gasteiger charge is -2.22. The summed E-state index contributed by atoms with van der Waals surface area (Å²) in [6, 6.07) is 8.52. The lowest BCUT2D eigenvalue weighted by Crippen LogP contribution is -2.43. The first kappa shape index (κ1) is 37.5. The molecule has 11 nitrogen and oxygen atoms in total. The lowest BCUT2D eigenvalue weighted by molar-refractivity contribution is -0.140. The van der Waals surface area contributed by atoms with E-state index >= 15 is 0 Å². The van der Waals surface area contributed by atoms with Crippen molar-refractivity contribution >= 4 is 23.4 Å². The van der Waals surface area contributed by atoms with Crippen LogP contribution < -0.4 is 5.32 Å². The Morgan fingerprint density at radius 3 is 1.86 bits per heavy atom. The van der Waals surface area contributed by atoms with Gasteiger partial charge in [-0.2, -0.15) is 0 Å². The number of benzene rings is 1. The number of alkyl carbamates (subject to hydrolysis) is 1. The summed E-state index contributed by atoms with van der Waals surface area (Å²) < 4.78 is 31.7. The van der Waals surface area contributed by atoms with E-state index in [1.165, 1.54) is 0 Å². The first-order valence-electron chi connectivity index (χ1n) is 15.7. The van der Waals surface area contributed by atoms with Crippen molar-refractivity contribution in [3.63, 3.8) is 0 Å². The van der Waals surface area contributed by atoms with Crippen LogP contribution in [0.5, 0.6) is 0 Å². The first-order valence-corrected chi connectivity index (χ1v) is 15.7. The van der Waals surface area contributed by atoms with Crippen LogP contribution in [-0.2, 0) is 49.2 Å². The summed E-state index contributed by atoms with van der Waals surface area (Å²) >= 11 is 0. The molecule has 1 aromatic rings. The maximum absolute atomic E-state index is 13.4. The fraction of sp³-hybridized carbons (Fsp3) is 0.697. The van der Waals surface area contributed by atoms with Crippen LogP contribution in [0, 0.1) is 17.8 Å². The lowest BCUT2D eigenvalue weighted by atomic mass is 9.85.